The van der Waals surface area contributed by atoms with Gasteiger partial charge in [0.05, 0.1) is 11.4 Å². The predicted octanol–water partition coefficient (Wildman–Crippen LogP) is 3.31. The molecule has 0 amide bonds. The number of nitrogens with zero attached hydrogens (tertiary/aromatic N) is 3. The molecule has 1 aromatic carbocycles. The zero-order valence-corrected chi connectivity index (χ0v) is 9.59. The molecular formula is C11H10ClN5. The molecule has 6 heteroatoms. The van der Waals surface area contributed by atoms with E-state index in [-0.39, 0.29) is 0 Å². The summed E-state index contributed by atoms with van der Waals surface area (Å²) < 4.78 is 0. The first kappa shape index (κ1) is 11.3. The van der Waals surface area contributed by atoms with Crippen LogP contribution in [0.3, 0.4) is 0 Å². The Balaban J connectivity index is 2.34. The third-order valence-electron chi connectivity index (χ3n) is 2.04. The zero-order chi connectivity index (χ0) is 12.3. The van der Waals surface area contributed by atoms with Crippen LogP contribution in [0.15, 0.2) is 46.8 Å². The van der Waals surface area contributed by atoms with Crippen molar-refractivity contribution in [1.29, 1.82) is 0 Å². The molecule has 1 aromatic heterocycles. The van der Waals surface area contributed by atoms with Crippen LogP contribution in [0, 0.1) is 0 Å². The molecule has 0 fully saturated rings. The van der Waals surface area contributed by atoms with Crippen molar-refractivity contribution in [3.63, 3.8) is 0 Å². The van der Waals surface area contributed by atoms with Gasteiger partial charge in [0.15, 0.2) is 5.82 Å². The van der Waals surface area contributed by atoms with Gasteiger partial charge in [0.1, 0.15) is 5.69 Å². The molecule has 0 unspecified atom stereocenters. The molecule has 5 nitrogen and oxygen atoms in total. The van der Waals surface area contributed by atoms with Gasteiger partial charge in [-0.15, -0.1) is 10.2 Å². The van der Waals surface area contributed by atoms with Crippen molar-refractivity contribution >= 4 is 34.5 Å². The first-order valence-corrected chi connectivity index (χ1v) is 5.22. The molecule has 0 saturated carbocycles. The summed E-state index contributed by atoms with van der Waals surface area (Å²) in [6.07, 6.45) is 1.63. The van der Waals surface area contributed by atoms with Crippen molar-refractivity contribution in [1.82, 2.24) is 4.98 Å². The molecule has 0 atom stereocenters. The molecule has 2 aromatic rings. The summed E-state index contributed by atoms with van der Waals surface area (Å²) in [6, 6.07) is 8.49. The number of pyridine rings is 1. The molecule has 1 heterocycles. The average molecular weight is 248 g/mol. The molecule has 0 spiro atoms. The normalized spacial score (nSPS) is 10.9. The van der Waals surface area contributed by atoms with Crippen LogP contribution in [0.4, 0.5) is 22.9 Å². The van der Waals surface area contributed by atoms with Crippen LogP contribution in [0.25, 0.3) is 0 Å². The largest absolute Gasteiger partial charge is 0.397 e. The van der Waals surface area contributed by atoms with Crippen molar-refractivity contribution < 1.29 is 0 Å². The fourth-order valence-electron chi connectivity index (χ4n) is 1.27. The van der Waals surface area contributed by atoms with E-state index in [1.54, 1.807) is 30.5 Å². The minimum atomic E-state index is 0.384. The molecule has 17 heavy (non-hydrogen) atoms. The van der Waals surface area contributed by atoms with Crippen LogP contribution in [0.2, 0.25) is 5.02 Å². The molecule has 0 aliphatic heterocycles. The van der Waals surface area contributed by atoms with E-state index in [1.165, 1.54) is 0 Å². The van der Waals surface area contributed by atoms with Crippen LogP contribution < -0.4 is 11.5 Å². The Kier molecular flexibility index (Phi) is 3.20. The smallest absolute Gasteiger partial charge is 0.174 e. The number of nitrogen functional groups attached to an aromatic ring is 2. The standard InChI is InChI=1S/C11H10ClN5/c12-7-5-8(13)11(9(14)6-7)17-16-10-3-1-2-4-15-10/h1-6H,13-14H2. The molecule has 0 bridgehead atoms. The number of anilines is 2. The number of benzene rings is 1. The Labute approximate surface area is 103 Å². The topological polar surface area (TPSA) is 89.7 Å². The van der Waals surface area contributed by atoms with Crippen molar-refractivity contribution in [2.75, 3.05) is 11.5 Å². The number of aromatic nitrogens is 1. The molecule has 0 saturated heterocycles. The lowest BCUT2D eigenvalue weighted by molar-refractivity contribution is 1.16. The van der Waals surface area contributed by atoms with Crippen LogP contribution in [0.1, 0.15) is 0 Å². The minimum absolute atomic E-state index is 0.384. The maximum absolute atomic E-state index is 5.79. The highest BCUT2D eigenvalue weighted by Crippen LogP contribution is 2.33. The Hall–Kier alpha value is -2.14. The molecule has 2 rings (SSSR count). The second-order valence-electron chi connectivity index (χ2n) is 3.32. The van der Waals surface area contributed by atoms with Crippen molar-refractivity contribution in [3.8, 4) is 0 Å². The lowest BCUT2D eigenvalue weighted by Gasteiger charge is -2.03. The third kappa shape index (κ3) is 2.70. The van der Waals surface area contributed by atoms with E-state index in [4.69, 9.17) is 23.1 Å². The zero-order valence-electron chi connectivity index (χ0n) is 8.84. The molecule has 86 valence electrons. The fourth-order valence-corrected chi connectivity index (χ4v) is 1.51. The molecule has 0 aliphatic rings. The van der Waals surface area contributed by atoms with Crippen molar-refractivity contribution in [2.24, 2.45) is 10.2 Å². The Bertz CT molecular complexity index is 530. The van der Waals surface area contributed by atoms with Gasteiger partial charge in [0.2, 0.25) is 0 Å². The average Bonchev–Trinajstić information content (AvgIpc) is 2.29. The van der Waals surface area contributed by atoms with Gasteiger partial charge in [-0.1, -0.05) is 17.7 Å². The first-order valence-electron chi connectivity index (χ1n) is 4.84. The number of hydrogen-bond donors (Lipinski definition) is 2. The van der Waals surface area contributed by atoms with Gasteiger partial charge in [-0.25, -0.2) is 4.98 Å². The first-order chi connectivity index (χ1) is 8.16. The van der Waals surface area contributed by atoms with E-state index in [0.29, 0.717) is 27.9 Å². The summed E-state index contributed by atoms with van der Waals surface area (Å²) in [6.45, 7) is 0. The van der Waals surface area contributed by atoms with Gasteiger partial charge < -0.3 is 11.5 Å². The van der Waals surface area contributed by atoms with E-state index in [9.17, 15) is 0 Å². The van der Waals surface area contributed by atoms with Gasteiger partial charge in [-0.3, -0.25) is 0 Å². The van der Waals surface area contributed by atoms with Gasteiger partial charge in [-0.05, 0) is 24.3 Å². The SMILES string of the molecule is Nc1cc(Cl)cc(N)c1N=Nc1ccccn1. The Morgan fingerprint density at radius 3 is 2.35 bits per heavy atom. The third-order valence-corrected chi connectivity index (χ3v) is 2.25. The summed E-state index contributed by atoms with van der Waals surface area (Å²) >= 11 is 5.79. The highest BCUT2D eigenvalue weighted by Gasteiger charge is 2.04. The summed E-state index contributed by atoms with van der Waals surface area (Å²) in [7, 11) is 0. The number of nitrogens with two attached hydrogens (primary N) is 2. The summed E-state index contributed by atoms with van der Waals surface area (Å²) in [5.74, 6) is 0.487. The lowest BCUT2D eigenvalue weighted by atomic mass is 10.2. The fraction of sp³-hybridized carbons (Fsp3) is 0. The van der Waals surface area contributed by atoms with Crippen LogP contribution >= 0.6 is 11.6 Å². The maximum atomic E-state index is 5.79. The quantitative estimate of drug-likeness (QED) is 0.630. The summed E-state index contributed by atoms with van der Waals surface area (Å²) in [4.78, 5) is 4.00. The van der Waals surface area contributed by atoms with E-state index in [0.717, 1.165) is 0 Å². The maximum Gasteiger partial charge on any atom is 0.174 e. The monoisotopic (exact) mass is 247 g/mol. The Morgan fingerprint density at radius 1 is 1.06 bits per heavy atom. The molecule has 4 N–H and O–H groups in total. The summed E-state index contributed by atoms with van der Waals surface area (Å²) in [5, 5.41) is 8.38. The van der Waals surface area contributed by atoms with Crippen LogP contribution in [0.5, 0.6) is 0 Å². The van der Waals surface area contributed by atoms with Crippen LogP contribution in [-0.2, 0) is 0 Å². The Morgan fingerprint density at radius 2 is 1.76 bits per heavy atom. The lowest BCUT2D eigenvalue weighted by Crippen LogP contribution is -1.91. The van der Waals surface area contributed by atoms with Gasteiger partial charge in [0.25, 0.3) is 0 Å². The number of azo groups is 1. The highest BCUT2D eigenvalue weighted by molar-refractivity contribution is 6.31. The summed E-state index contributed by atoms with van der Waals surface area (Å²) in [5.41, 5.74) is 12.7. The van der Waals surface area contributed by atoms with E-state index in [2.05, 4.69) is 15.2 Å². The number of halogens is 1. The van der Waals surface area contributed by atoms with Gasteiger partial charge in [-0.2, -0.15) is 0 Å². The van der Waals surface area contributed by atoms with Crippen molar-refractivity contribution in [2.45, 2.75) is 0 Å². The second-order valence-corrected chi connectivity index (χ2v) is 3.76. The predicted molar refractivity (Wildman–Crippen MR) is 68.7 cm³/mol. The highest BCUT2D eigenvalue weighted by atomic mass is 35.5. The van der Waals surface area contributed by atoms with Crippen LogP contribution in [-0.4, -0.2) is 4.98 Å². The number of hydrogen-bond acceptors (Lipinski definition) is 5. The second kappa shape index (κ2) is 4.80. The van der Waals surface area contributed by atoms with Crippen molar-refractivity contribution in [3.05, 3.63) is 41.6 Å². The van der Waals surface area contributed by atoms with E-state index >= 15 is 0 Å². The molecule has 0 radical (unpaired) electrons. The minimum Gasteiger partial charge on any atom is -0.397 e. The van der Waals surface area contributed by atoms with E-state index < -0.39 is 0 Å². The molecular weight excluding hydrogens is 238 g/mol. The number of rotatable bonds is 2. The van der Waals surface area contributed by atoms with E-state index in [1.807, 2.05) is 6.07 Å². The van der Waals surface area contributed by atoms with Gasteiger partial charge in [0, 0.05) is 11.2 Å². The molecule has 0 aliphatic carbocycles. The van der Waals surface area contributed by atoms with Gasteiger partial charge >= 0.3 is 0 Å².